The Morgan fingerprint density at radius 3 is 2.10 bits per heavy atom. The number of phenols is 2. The van der Waals surface area contributed by atoms with Crippen molar-refractivity contribution in [3.05, 3.63) is 59.2 Å². The van der Waals surface area contributed by atoms with Gasteiger partial charge in [-0.1, -0.05) is 24.3 Å². The number of benzene rings is 2. The fraction of sp³-hybridized carbons (Fsp3) is 0.294. The summed E-state index contributed by atoms with van der Waals surface area (Å²) in [6.07, 6.45) is 2.07. The van der Waals surface area contributed by atoms with Crippen molar-refractivity contribution in [3.63, 3.8) is 0 Å². The zero-order valence-corrected chi connectivity index (χ0v) is 11.5. The normalized spacial score (nSPS) is 16.1. The third-order valence-corrected chi connectivity index (χ3v) is 3.96. The smallest absolute Gasteiger partial charge is 0.119 e. The van der Waals surface area contributed by atoms with Gasteiger partial charge in [0.25, 0.3) is 0 Å². The van der Waals surface area contributed by atoms with Crippen LogP contribution in [0.4, 0.5) is 0 Å². The van der Waals surface area contributed by atoms with Crippen molar-refractivity contribution in [1.29, 1.82) is 0 Å². The SMILES string of the molecule is CC(NC1Cc2ccccc2C1)c1cc(O)cc(O)c1. The van der Waals surface area contributed by atoms with E-state index in [1.807, 2.05) is 0 Å². The van der Waals surface area contributed by atoms with Crippen LogP contribution in [0, 0.1) is 0 Å². The summed E-state index contributed by atoms with van der Waals surface area (Å²) < 4.78 is 0. The summed E-state index contributed by atoms with van der Waals surface area (Å²) in [6.45, 7) is 2.05. The van der Waals surface area contributed by atoms with Crippen LogP contribution in [-0.4, -0.2) is 16.3 Å². The average molecular weight is 269 g/mol. The summed E-state index contributed by atoms with van der Waals surface area (Å²) in [5, 5.41) is 22.7. The fourth-order valence-corrected chi connectivity index (χ4v) is 2.99. The molecule has 1 aliphatic carbocycles. The van der Waals surface area contributed by atoms with E-state index in [0.29, 0.717) is 6.04 Å². The molecule has 20 heavy (non-hydrogen) atoms. The maximum atomic E-state index is 9.56. The first-order chi connectivity index (χ1) is 9.61. The highest BCUT2D eigenvalue weighted by Crippen LogP contribution is 2.27. The maximum absolute atomic E-state index is 9.56. The Morgan fingerprint density at radius 2 is 1.55 bits per heavy atom. The van der Waals surface area contributed by atoms with Crippen LogP contribution in [0.1, 0.15) is 29.7 Å². The minimum Gasteiger partial charge on any atom is -0.508 e. The van der Waals surface area contributed by atoms with Crippen molar-refractivity contribution in [3.8, 4) is 11.5 Å². The van der Waals surface area contributed by atoms with Crippen LogP contribution < -0.4 is 5.32 Å². The van der Waals surface area contributed by atoms with Crippen molar-refractivity contribution in [2.24, 2.45) is 0 Å². The molecule has 0 saturated heterocycles. The molecular weight excluding hydrogens is 250 g/mol. The molecule has 0 fully saturated rings. The molecule has 1 atom stereocenters. The highest BCUT2D eigenvalue weighted by atomic mass is 16.3. The van der Waals surface area contributed by atoms with Gasteiger partial charge in [-0.15, -0.1) is 0 Å². The molecule has 0 saturated carbocycles. The molecular formula is C17H19NO2. The Bertz CT molecular complexity index is 579. The lowest BCUT2D eigenvalue weighted by molar-refractivity contribution is 0.437. The van der Waals surface area contributed by atoms with E-state index >= 15 is 0 Å². The predicted octanol–water partition coefficient (Wildman–Crippen LogP) is 2.92. The molecule has 2 aromatic rings. The third-order valence-electron chi connectivity index (χ3n) is 3.96. The van der Waals surface area contributed by atoms with E-state index in [0.717, 1.165) is 18.4 Å². The van der Waals surface area contributed by atoms with Gasteiger partial charge >= 0.3 is 0 Å². The summed E-state index contributed by atoms with van der Waals surface area (Å²) in [5.74, 6) is 0.201. The Balaban J connectivity index is 1.70. The number of nitrogens with one attached hydrogen (secondary N) is 1. The van der Waals surface area contributed by atoms with Crippen molar-refractivity contribution >= 4 is 0 Å². The number of phenolic OH excluding ortho intramolecular Hbond substituents is 2. The Kier molecular flexibility index (Phi) is 3.36. The molecule has 0 aromatic heterocycles. The molecule has 3 N–H and O–H groups in total. The van der Waals surface area contributed by atoms with E-state index in [4.69, 9.17) is 0 Å². The molecule has 3 rings (SSSR count). The van der Waals surface area contributed by atoms with Crippen molar-refractivity contribution < 1.29 is 10.2 Å². The van der Waals surface area contributed by atoms with Crippen LogP contribution >= 0.6 is 0 Å². The van der Waals surface area contributed by atoms with E-state index in [2.05, 4.69) is 36.5 Å². The van der Waals surface area contributed by atoms with E-state index in [1.165, 1.54) is 17.2 Å². The van der Waals surface area contributed by atoms with Gasteiger partial charge in [0.15, 0.2) is 0 Å². The standard InChI is InChI=1S/C17H19NO2/c1-11(14-8-16(19)10-17(20)9-14)18-15-6-12-4-2-3-5-13(12)7-15/h2-5,8-11,15,18-20H,6-7H2,1H3. The molecule has 0 amide bonds. The van der Waals surface area contributed by atoms with Gasteiger partial charge in [0.1, 0.15) is 11.5 Å². The van der Waals surface area contributed by atoms with Crippen LogP contribution in [0.15, 0.2) is 42.5 Å². The molecule has 1 aliphatic rings. The Labute approximate surface area is 118 Å². The first kappa shape index (κ1) is 13.0. The molecule has 0 heterocycles. The van der Waals surface area contributed by atoms with Gasteiger partial charge in [0, 0.05) is 18.2 Å². The molecule has 0 bridgehead atoms. The van der Waals surface area contributed by atoms with E-state index in [1.54, 1.807) is 12.1 Å². The van der Waals surface area contributed by atoms with Crippen molar-refractivity contribution in [1.82, 2.24) is 5.32 Å². The van der Waals surface area contributed by atoms with E-state index in [-0.39, 0.29) is 17.5 Å². The summed E-state index contributed by atoms with van der Waals surface area (Å²) in [7, 11) is 0. The largest absolute Gasteiger partial charge is 0.508 e. The van der Waals surface area contributed by atoms with Crippen LogP contribution in [-0.2, 0) is 12.8 Å². The molecule has 0 aliphatic heterocycles. The predicted molar refractivity (Wildman–Crippen MR) is 79.0 cm³/mol. The summed E-state index contributed by atoms with van der Waals surface area (Å²) >= 11 is 0. The number of rotatable bonds is 3. The molecule has 104 valence electrons. The monoisotopic (exact) mass is 269 g/mol. The lowest BCUT2D eigenvalue weighted by Gasteiger charge is -2.20. The van der Waals surface area contributed by atoms with Crippen LogP contribution in [0.5, 0.6) is 11.5 Å². The second-order valence-electron chi connectivity index (χ2n) is 5.54. The molecule has 0 radical (unpaired) electrons. The lowest BCUT2D eigenvalue weighted by Crippen LogP contribution is -2.32. The Morgan fingerprint density at radius 1 is 1.00 bits per heavy atom. The van der Waals surface area contributed by atoms with Crippen LogP contribution in [0.3, 0.4) is 0 Å². The van der Waals surface area contributed by atoms with Gasteiger partial charge < -0.3 is 15.5 Å². The zero-order chi connectivity index (χ0) is 14.1. The second kappa shape index (κ2) is 5.17. The van der Waals surface area contributed by atoms with Crippen LogP contribution in [0.25, 0.3) is 0 Å². The van der Waals surface area contributed by atoms with Crippen LogP contribution in [0.2, 0.25) is 0 Å². The lowest BCUT2D eigenvalue weighted by atomic mass is 10.1. The molecule has 2 aromatic carbocycles. The molecule has 3 heteroatoms. The van der Waals surface area contributed by atoms with E-state index < -0.39 is 0 Å². The number of hydrogen-bond acceptors (Lipinski definition) is 3. The highest BCUT2D eigenvalue weighted by molar-refractivity contribution is 5.38. The molecule has 1 unspecified atom stereocenters. The first-order valence-corrected chi connectivity index (χ1v) is 6.97. The minimum absolute atomic E-state index is 0.0901. The van der Waals surface area contributed by atoms with Crippen molar-refractivity contribution in [2.45, 2.75) is 31.8 Å². The first-order valence-electron chi connectivity index (χ1n) is 6.97. The maximum Gasteiger partial charge on any atom is 0.119 e. The van der Waals surface area contributed by atoms with Gasteiger partial charge in [0.2, 0.25) is 0 Å². The number of fused-ring (bicyclic) bond motifs is 1. The van der Waals surface area contributed by atoms with Gasteiger partial charge in [-0.25, -0.2) is 0 Å². The second-order valence-corrected chi connectivity index (χ2v) is 5.54. The Hall–Kier alpha value is -2.00. The van der Waals surface area contributed by atoms with Gasteiger partial charge in [0.05, 0.1) is 0 Å². The zero-order valence-electron chi connectivity index (χ0n) is 11.5. The number of aromatic hydroxyl groups is 2. The van der Waals surface area contributed by atoms with Gasteiger partial charge in [-0.05, 0) is 48.6 Å². The fourth-order valence-electron chi connectivity index (χ4n) is 2.99. The summed E-state index contributed by atoms with van der Waals surface area (Å²) in [4.78, 5) is 0. The molecule has 0 spiro atoms. The highest BCUT2D eigenvalue weighted by Gasteiger charge is 2.22. The average Bonchev–Trinajstić information content (AvgIpc) is 2.79. The van der Waals surface area contributed by atoms with Gasteiger partial charge in [-0.2, -0.15) is 0 Å². The topological polar surface area (TPSA) is 52.5 Å². The van der Waals surface area contributed by atoms with E-state index in [9.17, 15) is 10.2 Å². The third kappa shape index (κ3) is 2.63. The molecule has 3 nitrogen and oxygen atoms in total. The summed E-state index contributed by atoms with van der Waals surface area (Å²) in [5.41, 5.74) is 3.73. The van der Waals surface area contributed by atoms with Crippen molar-refractivity contribution in [2.75, 3.05) is 0 Å². The van der Waals surface area contributed by atoms with Gasteiger partial charge in [-0.3, -0.25) is 0 Å². The number of hydrogen-bond donors (Lipinski definition) is 3. The quantitative estimate of drug-likeness (QED) is 0.803. The summed E-state index contributed by atoms with van der Waals surface area (Å²) in [6, 6.07) is 13.8. The minimum atomic E-state index is 0.0901.